The average molecular weight is 226 g/mol. The molecule has 4 nitrogen and oxygen atoms in total. The van der Waals surface area contributed by atoms with Gasteiger partial charge in [-0.2, -0.15) is 11.8 Å². The summed E-state index contributed by atoms with van der Waals surface area (Å²) < 4.78 is 0. The van der Waals surface area contributed by atoms with Gasteiger partial charge in [0.25, 0.3) is 0 Å². The van der Waals surface area contributed by atoms with Gasteiger partial charge in [0, 0.05) is 18.1 Å². The Morgan fingerprint density at radius 1 is 1.67 bits per heavy atom. The van der Waals surface area contributed by atoms with Crippen LogP contribution >= 0.6 is 11.8 Å². The fraction of sp³-hybridized carbons (Fsp3) is 0.400. The molecule has 3 N–H and O–H groups in total. The molecule has 0 radical (unpaired) electrons. The first kappa shape index (κ1) is 12.0. The van der Waals surface area contributed by atoms with Gasteiger partial charge in [-0.25, -0.2) is 0 Å². The molecule has 0 aliphatic heterocycles. The van der Waals surface area contributed by atoms with Crippen molar-refractivity contribution in [2.75, 3.05) is 11.5 Å². The first-order chi connectivity index (χ1) is 7.20. The molecule has 5 heteroatoms. The van der Waals surface area contributed by atoms with Crippen molar-refractivity contribution in [1.82, 2.24) is 4.98 Å². The second-order valence-corrected chi connectivity index (χ2v) is 4.28. The van der Waals surface area contributed by atoms with Crippen molar-refractivity contribution in [3.05, 3.63) is 30.1 Å². The molecular formula is C10H14N2O2S. The first-order valence-electron chi connectivity index (χ1n) is 4.65. The maximum Gasteiger partial charge on any atom is 0.321 e. The third-order valence-corrected chi connectivity index (χ3v) is 2.96. The lowest BCUT2D eigenvalue weighted by molar-refractivity contribution is -0.137. The molecule has 0 aromatic carbocycles. The summed E-state index contributed by atoms with van der Waals surface area (Å²) in [5.41, 5.74) is 6.52. The maximum atomic E-state index is 10.4. The van der Waals surface area contributed by atoms with Crippen LogP contribution in [0.2, 0.25) is 0 Å². The van der Waals surface area contributed by atoms with E-state index in [0.717, 1.165) is 17.7 Å². The molecule has 1 heterocycles. The number of hydrogen-bond donors (Lipinski definition) is 2. The van der Waals surface area contributed by atoms with Gasteiger partial charge in [-0.15, -0.1) is 0 Å². The number of aryl methyl sites for hydroxylation is 1. The van der Waals surface area contributed by atoms with Gasteiger partial charge < -0.3 is 10.8 Å². The van der Waals surface area contributed by atoms with E-state index in [1.807, 2.05) is 18.3 Å². The summed E-state index contributed by atoms with van der Waals surface area (Å²) in [4.78, 5) is 14.4. The third-order valence-electron chi connectivity index (χ3n) is 1.87. The highest BCUT2D eigenvalue weighted by Crippen LogP contribution is 2.06. The minimum absolute atomic E-state index is 0.454. The van der Waals surface area contributed by atoms with Crippen molar-refractivity contribution in [3.63, 3.8) is 0 Å². The summed E-state index contributed by atoms with van der Waals surface area (Å²) in [6, 6.07) is 3.14. The first-order valence-corrected chi connectivity index (χ1v) is 5.80. The Kier molecular flexibility index (Phi) is 5.14. The number of aliphatic carboxylic acids is 1. The molecule has 0 aliphatic carbocycles. The van der Waals surface area contributed by atoms with Crippen LogP contribution in [0, 0.1) is 0 Å². The zero-order chi connectivity index (χ0) is 11.1. The summed E-state index contributed by atoms with van der Waals surface area (Å²) in [6.07, 6.45) is 4.44. The molecule has 15 heavy (non-hydrogen) atoms. The van der Waals surface area contributed by atoms with E-state index in [-0.39, 0.29) is 0 Å². The summed E-state index contributed by atoms with van der Waals surface area (Å²) in [5.74, 6) is 0.381. The zero-order valence-electron chi connectivity index (χ0n) is 8.30. The predicted octanol–water partition coefficient (Wildman–Crippen LogP) is 0.769. The number of carboxylic acid groups (broad SMARTS) is 1. The van der Waals surface area contributed by atoms with Crippen LogP contribution < -0.4 is 5.73 Å². The molecule has 1 aromatic rings. The number of nitrogens with two attached hydrogens (primary N) is 1. The molecule has 0 saturated heterocycles. The highest BCUT2D eigenvalue weighted by molar-refractivity contribution is 7.99. The smallest absolute Gasteiger partial charge is 0.321 e. The van der Waals surface area contributed by atoms with Gasteiger partial charge in [0.15, 0.2) is 0 Å². The Hall–Kier alpha value is -1.07. The van der Waals surface area contributed by atoms with Crippen LogP contribution in [0.5, 0.6) is 0 Å². The molecule has 1 unspecified atom stereocenters. The maximum absolute atomic E-state index is 10.4. The monoisotopic (exact) mass is 226 g/mol. The van der Waals surface area contributed by atoms with Crippen LogP contribution in [-0.4, -0.2) is 33.6 Å². The van der Waals surface area contributed by atoms with Gasteiger partial charge >= 0.3 is 5.97 Å². The highest BCUT2D eigenvalue weighted by atomic mass is 32.2. The van der Waals surface area contributed by atoms with Crippen LogP contribution in [0.3, 0.4) is 0 Å². The molecular weight excluding hydrogens is 212 g/mol. The van der Waals surface area contributed by atoms with Gasteiger partial charge in [0.2, 0.25) is 0 Å². The standard InChI is InChI=1S/C10H14N2O2S/c11-9(10(13)14)7-15-5-3-8-2-1-4-12-6-8/h1-2,4,6,9H,3,5,7,11H2,(H,13,14). The molecule has 1 aromatic heterocycles. The normalized spacial score (nSPS) is 12.3. The van der Waals surface area contributed by atoms with Gasteiger partial charge in [-0.3, -0.25) is 9.78 Å². The molecule has 1 rings (SSSR count). The minimum Gasteiger partial charge on any atom is -0.480 e. The number of pyridine rings is 1. The Morgan fingerprint density at radius 2 is 2.47 bits per heavy atom. The van der Waals surface area contributed by atoms with E-state index in [1.54, 1.807) is 18.0 Å². The van der Waals surface area contributed by atoms with Crippen molar-refractivity contribution >= 4 is 17.7 Å². The number of carboxylic acids is 1. The number of rotatable bonds is 6. The summed E-state index contributed by atoms with van der Waals surface area (Å²) in [5, 5.41) is 8.55. The lowest BCUT2D eigenvalue weighted by atomic mass is 10.2. The fourth-order valence-electron chi connectivity index (χ4n) is 1.02. The van der Waals surface area contributed by atoms with Crippen LogP contribution in [0.1, 0.15) is 5.56 Å². The second kappa shape index (κ2) is 6.42. The van der Waals surface area contributed by atoms with Gasteiger partial charge in [-0.05, 0) is 23.8 Å². The van der Waals surface area contributed by atoms with E-state index >= 15 is 0 Å². The molecule has 0 fully saturated rings. The fourth-order valence-corrected chi connectivity index (χ4v) is 1.96. The Bertz CT molecular complexity index is 306. The quantitative estimate of drug-likeness (QED) is 0.701. The molecule has 1 atom stereocenters. The minimum atomic E-state index is -0.941. The third kappa shape index (κ3) is 4.80. The van der Waals surface area contributed by atoms with Crippen molar-refractivity contribution in [1.29, 1.82) is 0 Å². The number of nitrogens with zero attached hydrogens (tertiary/aromatic N) is 1. The molecule has 0 amide bonds. The lowest BCUT2D eigenvalue weighted by Gasteiger charge is -2.05. The number of carbonyl (C=O) groups is 1. The Labute approximate surface area is 92.9 Å². The van der Waals surface area contributed by atoms with Crippen LogP contribution in [0.4, 0.5) is 0 Å². The van der Waals surface area contributed by atoms with Crippen molar-refractivity contribution in [2.24, 2.45) is 5.73 Å². The summed E-state index contributed by atoms with van der Waals surface area (Å²) in [7, 11) is 0. The van der Waals surface area contributed by atoms with Crippen LogP contribution in [0.25, 0.3) is 0 Å². The molecule has 0 bridgehead atoms. The van der Waals surface area contributed by atoms with Crippen molar-refractivity contribution in [2.45, 2.75) is 12.5 Å². The highest BCUT2D eigenvalue weighted by Gasteiger charge is 2.10. The van der Waals surface area contributed by atoms with E-state index in [4.69, 9.17) is 10.8 Å². The molecule has 0 spiro atoms. The zero-order valence-corrected chi connectivity index (χ0v) is 9.11. The Morgan fingerprint density at radius 3 is 3.07 bits per heavy atom. The van der Waals surface area contributed by atoms with E-state index in [0.29, 0.717) is 5.75 Å². The SMILES string of the molecule is NC(CSCCc1cccnc1)C(=O)O. The van der Waals surface area contributed by atoms with Gasteiger partial charge in [0.05, 0.1) is 0 Å². The second-order valence-electron chi connectivity index (χ2n) is 3.13. The number of hydrogen-bond acceptors (Lipinski definition) is 4. The molecule has 82 valence electrons. The van der Waals surface area contributed by atoms with E-state index < -0.39 is 12.0 Å². The Balaban J connectivity index is 2.15. The summed E-state index contributed by atoms with van der Waals surface area (Å²) >= 11 is 1.55. The van der Waals surface area contributed by atoms with E-state index in [2.05, 4.69) is 4.98 Å². The molecule has 0 saturated carbocycles. The average Bonchev–Trinajstić information content (AvgIpc) is 2.25. The van der Waals surface area contributed by atoms with Crippen molar-refractivity contribution < 1.29 is 9.90 Å². The van der Waals surface area contributed by atoms with Crippen molar-refractivity contribution in [3.8, 4) is 0 Å². The van der Waals surface area contributed by atoms with E-state index in [1.165, 1.54) is 0 Å². The van der Waals surface area contributed by atoms with Gasteiger partial charge in [-0.1, -0.05) is 6.07 Å². The lowest BCUT2D eigenvalue weighted by Crippen LogP contribution is -2.32. The van der Waals surface area contributed by atoms with Crippen LogP contribution in [-0.2, 0) is 11.2 Å². The predicted molar refractivity (Wildman–Crippen MR) is 60.9 cm³/mol. The largest absolute Gasteiger partial charge is 0.480 e. The van der Waals surface area contributed by atoms with Crippen LogP contribution in [0.15, 0.2) is 24.5 Å². The number of aromatic nitrogens is 1. The summed E-state index contributed by atoms with van der Waals surface area (Å²) in [6.45, 7) is 0. The number of thioether (sulfide) groups is 1. The van der Waals surface area contributed by atoms with Gasteiger partial charge in [0.1, 0.15) is 6.04 Å². The van der Waals surface area contributed by atoms with E-state index in [9.17, 15) is 4.79 Å². The molecule has 0 aliphatic rings. The topological polar surface area (TPSA) is 76.2 Å².